The largest absolute Gasteiger partial charge is 0.480 e. The Labute approximate surface area is 71.2 Å². The lowest BCUT2D eigenvalue weighted by atomic mass is 10.2. The van der Waals surface area contributed by atoms with Crippen molar-refractivity contribution >= 4 is 5.97 Å². The number of rotatable bonds is 4. The molecule has 0 radical (unpaired) electrons. The molecule has 0 saturated carbocycles. The minimum atomic E-state index is -0.957. The number of aromatic amines is 1. The van der Waals surface area contributed by atoms with Crippen LogP contribution in [0.3, 0.4) is 0 Å². The van der Waals surface area contributed by atoms with Gasteiger partial charge in [-0.15, -0.1) is 0 Å². The van der Waals surface area contributed by atoms with Crippen molar-refractivity contribution in [1.29, 1.82) is 0 Å². The topological polar surface area (TPSA) is 78.0 Å². The maximum atomic E-state index is 10.6. The minimum absolute atomic E-state index is 0.106. The molecular weight excluding hydrogens is 158 g/mol. The lowest BCUT2D eigenvalue weighted by Gasteiger charge is -2.08. The average molecular weight is 170 g/mol. The number of hydrogen-bond donors (Lipinski definition) is 3. The number of hydrogen-bond acceptors (Lipinski definition) is 3. The monoisotopic (exact) mass is 170 g/mol. The first-order valence-corrected chi connectivity index (χ1v) is 3.46. The Balaban J connectivity index is 2.52. The van der Waals surface area contributed by atoms with Crippen molar-refractivity contribution in [2.75, 3.05) is 7.02 Å². The molecule has 1 aromatic rings. The molecule has 0 amide bonds. The van der Waals surface area contributed by atoms with Gasteiger partial charge < -0.3 is 15.4 Å². The maximum Gasteiger partial charge on any atom is 0.321 e. The van der Waals surface area contributed by atoms with Crippen LogP contribution in [-0.2, 0) is 11.2 Å². The van der Waals surface area contributed by atoms with E-state index in [2.05, 4.69) is 15.3 Å². The molecule has 0 spiro atoms. The molecule has 1 aromatic heterocycles. The Morgan fingerprint density at radius 2 is 2.92 bits per heavy atom. The first kappa shape index (κ1) is 7.30. The van der Waals surface area contributed by atoms with E-state index < -0.39 is 12.0 Å². The fraction of sp³-hybridized carbons (Fsp3) is 0.429. The zero-order valence-corrected chi connectivity index (χ0v) is 6.45. The van der Waals surface area contributed by atoms with Crippen LogP contribution in [0.5, 0.6) is 0 Å². The van der Waals surface area contributed by atoms with E-state index in [1.807, 2.05) is 0 Å². The van der Waals surface area contributed by atoms with Gasteiger partial charge in [-0.25, -0.2) is 4.98 Å². The van der Waals surface area contributed by atoms with Crippen LogP contribution < -0.4 is 5.32 Å². The fourth-order valence-corrected chi connectivity index (χ4v) is 0.863. The molecule has 5 nitrogen and oxygen atoms in total. The normalized spacial score (nSPS) is 13.8. The first-order valence-electron chi connectivity index (χ1n) is 4.17. The van der Waals surface area contributed by atoms with Gasteiger partial charge >= 0.3 is 5.97 Å². The van der Waals surface area contributed by atoms with Crippen LogP contribution in [-0.4, -0.2) is 34.1 Å². The van der Waals surface area contributed by atoms with E-state index in [-0.39, 0.29) is 7.02 Å². The predicted octanol–water partition coefficient (Wildman–Crippen LogP) is -0.375. The summed E-state index contributed by atoms with van der Waals surface area (Å²) in [6.45, 7) is 0. The number of nitrogens with one attached hydrogen (secondary N) is 2. The molecule has 0 aliphatic carbocycles. The minimum Gasteiger partial charge on any atom is -0.480 e. The smallest absolute Gasteiger partial charge is 0.321 e. The van der Waals surface area contributed by atoms with Crippen LogP contribution in [0, 0.1) is 0 Å². The van der Waals surface area contributed by atoms with Gasteiger partial charge in [0.1, 0.15) is 6.04 Å². The molecule has 0 aromatic carbocycles. The lowest BCUT2D eigenvalue weighted by Crippen LogP contribution is -2.35. The Hall–Kier alpha value is -1.36. The number of H-pyrrole nitrogens is 1. The third-order valence-electron chi connectivity index (χ3n) is 1.52. The van der Waals surface area contributed by atoms with E-state index in [0.717, 1.165) is 5.69 Å². The molecular formula is C7H11N3O2. The summed E-state index contributed by atoms with van der Waals surface area (Å²) in [5.41, 5.74) is 0.744. The molecule has 1 atom stereocenters. The molecule has 0 aliphatic heterocycles. The summed E-state index contributed by atoms with van der Waals surface area (Å²) < 4.78 is 6.85. The number of carbonyl (C=O) groups is 1. The second-order valence-corrected chi connectivity index (χ2v) is 2.38. The summed E-state index contributed by atoms with van der Waals surface area (Å²) in [6, 6.07) is -0.724. The molecule has 1 heterocycles. The van der Waals surface area contributed by atoms with E-state index in [0.29, 0.717) is 6.42 Å². The van der Waals surface area contributed by atoms with Crippen LogP contribution in [0.25, 0.3) is 0 Å². The number of likely N-dealkylation sites (N-methyl/N-ethyl adjacent to an activating group) is 1. The second-order valence-electron chi connectivity index (χ2n) is 2.38. The molecule has 66 valence electrons. The highest BCUT2D eigenvalue weighted by Gasteiger charge is 2.15. The van der Waals surface area contributed by atoms with Crippen molar-refractivity contribution in [2.45, 2.75) is 12.5 Å². The Morgan fingerprint density at radius 1 is 2.08 bits per heavy atom. The van der Waals surface area contributed by atoms with Gasteiger partial charge in [-0.05, 0) is 7.02 Å². The van der Waals surface area contributed by atoms with Gasteiger partial charge in [0.25, 0.3) is 0 Å². The van der Waals surface area contributed by atoms with Crippen molar-refractivity contribution in [1.82, 2.24) is 15.3 Å². The number of carboxylic acid groups (broad SMARTS) is 1. The Bertz CT molecular complexity index is 263. The highest BCUT2D eigenvalue weighted by atomic mass is 16.4. The SMILES string of the molecule is [2H]CN[C@@H](Cc1cnc[nH]1)C(=O)O. The van der Waals surface area contributed by atoms with Gasteiger partial charge in [0.15, 0.2) is 0 Å². The van der Waals surface area contributed by atoms with Gasteiger partial charge in [-0.2, -0.15) is 0 Å². The van der Waals surface area contributed by atoms with E-state index in [9.17, 15) is 4.79 Å². The third kappa shape index (κ3) is 2.06. The summed E-state index contributed by atoms with van der Waals surface area (Å²) in [5.74, 6) is -0.957. The zero-order chi connectivity index (χ0) is 9.68. The van der Waals surface area contributed by atoms with Crippen LogP contribution in [0.1, 0.15) is 7.06 Å². The number of aromatic nitrogens is 2. The second kappa shape index (κ2) is 3.87. The van der Waals surface area contributed by atoms with Crippen LogP contribution in [0.4, 0.5) is 0 Å². The highest BCUT2D eigenvalue weighted by Crippen LogP contribution is 1.97. The van der Waals surface area contributed by atoms with E-state index in [1.54, 1.807) is 6.20 Å². The highest BCUT2D eigenvalue weighted by molar-refractivity contribution is 5.73. The summed E-state index contributed by atoms with van der Waals surface area (Å²) in [7, 11) is -0.106. The molecule has 12 heavy (non-hydrogen) atoms. The molecule has 0 unspecified atom stereocenters. The summed E-state index contributed by atoms with van der Waals surface area (Å²) in [6.07, 6.45) is 3.38. The lowest BCUT2D eigenvalue weighted by molar-refractivity contribution is -0.139. The quantitative estimate of drug-likeness (QED) is 0.576. The van der Waals surface area contributed by atoms with Gasteiger partial charge in [-0.3, -0.25) is 4.79 Å². The number of aliphatic carboxylic acids is 1. The van der Waals surface area contributed by atoms with Crippen molar-refractivity contribution in [3.8, 4) is 0 Å². The van der Waals surface area contributed by atoms with E-state index in [4.69, 9.17) is 6.48 Å². The summed E-state index contributed by atoms with van der Waals surface area (Å²) in [4.78, 5) is 17.2. The number of nitrogens with zero attached hydrogens (tertiary/aromatic N) is 1. The average Bonchev–Trinajstić information content (AvgIpc) is 2.56. The molecule has 0 aliphatic rings. The molecule has 5 heteroatoms. The molecule has 1 rings (SSSR count). The van der Waals surface area contributed by atoms with Gasteiger partial charge in [0, 0.05) is 19.7 Å². The van der Waals surface area contributed by atoms with Gasteiger partial charge in [0.05, 0.1) is 6.33 Å². The Kier molecular flexibility index (Phi) is 2.35. The van der Waals surface area contributed by atoms with E-state index in [1.165, 1.54) is 6.33 Å². The van der Waals surface area contributed by atoms with Crippen LogP contribution >= 0.6 is 0 Å². The summed E-state index contributed by atoms with van der Waals surface area (Å²) >= 11 is 0. The first-order chi connectivity index (χ1) is 6.24. The van der Waals surface area contributed by atoms with Crippen LogP contribution in [0.15, 0.2) is 12.5 Å². The Morgan fingerprint density at radius 3 is 3.42 bits per heavy atom. The molecule has 0 saturated heterocycles. The fourth-order valence-electron chi connectivity index (χ4n) is 0.863. The van der Waals surface area contributed by atoms with Crippen LogP contribution in [0.2, 0.25) is 0 Å². The summed E-state index contributed by atoms with van der Waals surface area (Å²) in [5, 5.41) is 11.3. The van der Waals surface area contributed by atoms with Gasteiger partial charge in [0.2, 0.25) is 0 Å². The van der Waals surface area contributed by atoms with Crippen molar-refractivity contribution in [2.24, 2.45) is 0 Å². The van der Waals surface area contributed by atoms with Crippen molar-refractivity contribution in [3.05, 3.63) is 18.2 Å². The molecule has 0 bridgehead atoms. The van der Waals surface area contributed by atoms with Gasteiger partial charge in [-0.1, -0.05) is 0 Å². The number of carboxylic acids is 1. The van der Waals surface area contributed by atoms with E-state index >= 15 is 0 Å². The zero-order valence-electron chi connectivity index (χ0n) is 7.45. The standard InChI is InChI=1S/C7H11N3O2/c1-8-6(7(11)12)2-5-3-9-4-10-5/h3-4,6,8H,2H2,1H3,(H,9,10)(H,11,12)/t6-/m0/s1/i1D. The molecule has 0 fully saturated rings. The number of imidazole rings is 1. The van der Waals surface area contributed by atoms with Crippen molar-refractivity contribution < 1.29 is 11.3 Å². The molecule has 3 N–H and O–H groups in total. The van der Waals surface area contributed by atoms with Crippen molar-refractivity contribution in [3.63, 3.8) is 0 Å². The maximum absolute atomic E-state index is 10.6. The predicted molar refractivity (Wildman–Crippen MR) is 42.8 cm³/mol. The third-order valence-corrected chi connectivity index (χ3v) is 1.52.